The van der Waals surface area contributed by atoms with Crippen molar-refractivity contribution in [1.29, 1.82) is 0 Å². The number of amides is 1. The van der Waals surface area contributed by atoms with Crippen molar-refractivity contribution in [3.63, 3.8) is 0 Å². The lowest BCUT2D eigenvalue weighted by molar-refractivity contribution is -0.116. The molecule has 1 amide bonds. The Bertz CT molecular complexity index is 1380. The van der Waals surface area contributed by atoms with Crippen LogP contribution in [-0.2, 0) is 21.2 Å². The Morgan fingerprint density at radius 1 is 1.19 bits per heavy atom. The largest absolute Gasteiger partial charge is 0.312 e. The van der Waals surface area contributed by atoms with E-state index in [4.69, 9.17) is 0 Å². The molecule has 0 spiro atoms. The molecule has 1 aliphatic rings. The van der Waals surface area contributed by atoms with Gasteiger partial charge < -0.3 is 4.90 Å². The number of nitrogens with one attached hydrogen (secondary N) is 1. The molecule has 2 aromatic carbocycles. The Labute approximate surface area is 184 Å². The van der Waals surface area contributed by atoms with Gasteiger partial charge in [0, 0.05) is 48.2 Å². The van der Waals surface area contributed by atoms with Crippen molar-refractivity contribution in [1.82, 2.24) is 9.38 Å². The number of thiazole rings is 1. The molecule has 158 valence electrons. The summed E-state index contributed by atoms with van der Waals surface area (Å²) in [6.07, 6.45) is 5.42. The van der Waals surface area contributed by atoms with Crippen molar-refractivity contribution in [3.05, 3.63) is 65.8 Å². The van der Waals surface area contributed by atoms with Crippen molar-refractivity contribution >= 4 is 43.6 Å². The van der Waals surface area contributed by atoms with Gasteiger partial charge in [0.25, 0.3) is 10.0 Å². The van der Waals surface area contributed by atoms with E-state index in [1.165, 1.54) is 6.92 Å². The summed E-state index contributed by atoms with van der Waals surface area (Å²) in [6, 6.07) is 12.1. The van der Waals surface area contributed by atoms with E-state index in [0.29, 0.717) is 12.2 Å². The zero-order valence-electron chi connectivity index (χ0n) is 16.8. The molecule has 0 saturated carbocycles. The maximum atomic E-state index is 13.0. The van der Waals surface area contributed by atoms with Gasteiger partial charge in [-0.2, -0.15) is 0 Å². The first-order valence-corrected chi connectivity index (χ1v) is 12.2. The molecule has 0 bridgehead atoms. The van der Waals surface area contributed by atoms with Crippen LogP contribution in [-0.4, -0.2) is 30.3 Å². The second kappa shape index (κ2) is 7.51. The summed E-state index contributed by atoms with van der Waals surface area (Å²) in [5, 5.41) is 1.96. The Morgan fingerprint density at radius 2 is 2.06 bits per heavy atom. The normalized spacial score (nSPS) is 13.9. The topological polar surface area (TPSA) is 83.8 Å². The molecule has 7 nitrogen and oxygen atoms in total. The number of hydrogen-bond acceptors (Lipinski definition) is 5. The highest BCUT2D eigenvalue weighted by atomic mass is 32.2. The average molecular weight is 453 g/mol. The van der Waals surface area contributed by atoms with Crippen LogP contribution in [0.3, 0.4) is 0 Å². The lowest BCUT2D eigenvalue weighted by atomic mass is 10.0. The number of hydrogen-bond donors (Lipinski definition) is 1. The highest BCUT2D eigenvalue weighted by Crippen LogP contribution is 2.31. The van der Waals surface area contributed by atoms with Crippen LogP contribution in [0.4, 0.5) is 11.4 Å². The van der Waals surface area contributed by atoms with E-state index in [0.717, 1.165) is 40.3 Å². The van der Waals surface area contributed by atoms with Gasteiger partial charge in [-0.1, -0.05) is 12.1 Å². The fraction of sp³-hybridized carbons (Fsp3) is 0.182. The molecule has 5 rings (SSSR count). The molecule has 3 heterocycles. The maximum absolute atomic E-state index is 13.0. The Balaban J connectivity index is 1.43. The zero-order chi connectivity index (χ0) is 21.6. The summed E-state index contributed by atoms with van der Waals surface area (Å²) < 4.78 is 30.7. The fourth-order valence-corrected chi connectivity index (χ4v) is 5.69. The number of aryl methyl sites for hydroxylation is 1. The molecule has 0 unspecified atom stereocenters. The van der Waals surface area contributed by atoms with Crippen LogP contribution in [0.15, 0.2) is 65.1 Å². The van der Waals surface area contributed by atoms with Crippen LogP contribution in [0, 0.1) is 0 Å². The number of carbonyl (C=O) groups is 1. The molecule has 1 aliphatic heterocycles. The quantitative estimate of drug-likeness (QED) is 0.504. The first kappa shape index (κ1) is 19.8. The summed E-state index contributed by atoms with van der Waals surface area (Å²) >= 11 is 1.54. The third-order valence-electron chi connectivity index (χ3n) is 5.36. The number of fused-ring (bicyclic) bond motifs is 2. The third kappa shape index (κ3) is 3.70. The molecule has 0 atom stereocenters. The van der Waals surface area contributed by atoms with Gasteiger partial charge in [-0.3, -0.25) is 13.9 Å². The van der Waals surface area contributed by atoms with E-state index in [2.05, 4.69) is 9.71 Å². The van der Waals surface area contributed by atoms with E-state index in [-0.39, 0.29) is 10.8 Å². The van der Waals surface area contributed by atoms with Crippen molar-refractivity contribution in [3.8, 4) is 11.3 Å². The number of sulfonamides is 1. The SMILES string of the molecule is CC(=O)N1CCCc2cc(S(=O)(=O)Nc3cccc(-c4cn5ccsc5n4)c3)ccc21. The van der Waals surface area contributed by atoms with E-state index in [1.54, 1.807) is 52.6 Å². The highest BCUT2D eigenvalue weighted by Gasteiger charge is 2.23. The Morgan fingerprint density at radius 3 is 2.87 bits per heavy atom. The van der Waals surface area contributed by atoms with Gasteiger partial charge >= 0.3 is 0 Å². The first-order valence-electron chi connectivity index (χ1n) is 9.87. The van der Waals surface area contributed by atoms with Gasteiger partial charge in [-0.25, -0.2) is 13.4 Å². The minimum atomic E-state index is -3.77. The van der Waals surface area contributed by atoms with Crippen LogP contribution in [0.5, 0.6) is 0 Å². The summed E-state index contributed by atoms with van der Waals surface area (Å²) in [7, 11) is -3.77. The molecule has 4 aromatic rings. The smallest absolute Gasteiger partial charge is 0.261 e. The maximum Gasteiger partial charge on any atom is 0.261 e. The number of aromatic nitrogens is 2. The van der Waals surface area contributed by atoms with Gasteiger partial charge in [-0.15, -0.1) is 11.3 Å². The number of rotatable bonds is 4. The van der Waals surface area contributed by atoms with Gasteiger partial charge in [-0.05, 0) is 48.7 Å². The van der Waals surface area contributed by atoms with Gasteiger partial charge in [0.15, 0.2) is 4.96 Å². The molecule has 0 radical (unpaired) electrons. The first-order chi connectivity index (χ1) is 14.9. The minimum absolute atomic E-state index is 0.0364. The number of nitrogens with zero attached hydrogens (tertiary/aromatic N) is 3. The average Bonchev–Trinajstić information content (AvgIpc) is 3.35. The highest BCUT2D eigenvalue weighted by molar-refractivity contribution is 7.92. The van der Waals surface area contributed by atoms with Crippen LogP contribution < -0.4 is 9.62 Å². The Hall–Kier alpha value is -3.17. The van der Waals surface area contributed by atoms with Crippen LogP contribution in [0.2, 0.25) is 0 Å². The number of benzene rings is 2. The fourth-order valence-electron chi connectivity index (χ4n) is 3.89. The van der Waals surface area contributed by atoms with Gasteiger partial charge in [0.1, 0.15) is 0 Å². The lowest BCUT2D eigenvalue weighted by Gasteiger charge is -2.28. The lowest BCUT2D eigenvalue weighted by Crippen LogP contribution is -2.33. The molecule has 31 heavy (non-hydrogen) atoms. The van der Waals surface area contributed by atoms with E-state index < -0.39 is 10.0 Å². The second-order valence-corrected chi connectivity index (χ2v) is 10.0. The van der Waals surface area contributed by atoms with Crippen molar-refractivity contribution in [2.24, 2.45) is 0 Å². The minimum Gasteiger partial charge on any atom is -0.312 e. The second-order valence-electron chi connectivity index (χ2n) is 7.47. The molecule has 0 saturated heterocycles. The molecule has 0 aliphatic carbocycles. The molecule has 9 heteroatoms. The monoisotopic (exact) mass is 452 g/mol. The van der Waals surface area contributed by atoms with Gasteiger partial charge in [0.05, 0.1) is 10.6 Å². The number of anilines is 2. The standard InChI is InChI=1S/C22H20N4O3S2/c1-15(27)26-9-3-5-17-13-19(7-8-21(17)26)31(28,29)24-18-6-2-4-16(12-18)20-14-25-10-11-30-22(25)23-20/h2,4,6-8,10-14,24H,3,5,9H2,1H3. The van der Waals surface area contributed by atoms with E-state index in [1.807, 2.05) is 28.2 Å². The molecule has 2 aromatic heterocycles. The van der Waals surface area contributed by atoms with E-state index >= 15 is 0 Å². The van der Waals surface area contributed by atoms with Gasteiger partial charge in [0.2, 0.25) is 5.91 Å². The predicted molar refractivity (Wildman–Crippen MR) is 122 cm³/mol. The summed E-state index contributed by atoms with van der Waals surface area (Å²) in [4.78, 5) is 19.2. The molecule has 1 N–H and O–H groups in total. The van der Waals surface area contributed by atoms with E-state index in [9.17, 15) is 13.2 Å². The van der Waals surface area contributed by atoms with Crippen LogP contribution in [0.1, 0.15) is 18.9 Å². The zero-order valence-corrected chi connectivity index (χ0v) is 18.4. The summed E-state index contributed by atoms with van der Waals surface area (Å²) in [5.74, 6) is -0.0364. The predicted octanol–water partition coefficient (Wildman–Crippen LogP) is 4.16. The van der Waals surface area contributed by atoms with Crippen LogP contribution >= 0.6 is 11.3 Å². The summed E-state index contributed by atoms with van der Waals surface area (Å²) in [5.41, 5.74) is 3.75. The molecule has 0 fully saturated rings. The number of carbonyl (C=O) groups excluding carboxylic acids is 1. The third-order valence-corrected chi connectivity index (χ3v) is 7.51. The molecular formula is C22H20N4O3S2. The Kier molecular flexibility index (Phi) is 4.79. The molecular weight excluding hydrogens is 432 g/mol. The van der Waals surface area contributed by atoms with Crippen molar-refractivity contribution in [2.45, 2.75) is 24.7 Å². The van der Waals surface area contributed by atoms with Crippen molar-refractivity contribution < 1.29 is 13.2 Å². The van der Waals surface area contributed by atoms with Crippen LogP contribution in [0.25, 0.3) is 16.2 Å². The number of imidazole rings is 1. The van der Waals surface area contributed by atoms with Crippen molar-refractivity contribution in [2.75, 3.05) is 16.2 Å². The summed E-state index contributed by atoms with van der Waals surface area (Å²) in [6.45, 7) is 2.18.